The minimum absolute atomic E-state index is 0.338. The molecule has 4 heteroatoms. The molecule has 1 saturated heterocycles. The fourth-order valence-electron chi connectivity index (χ4n) is 2.02. The van der Waals surface area contributed by atoms with E-state index in [0.717, 1.165) is 12.8 Å². The SMILES string of the molecule is NC1CC(N2CC(O)C(O)C2)C1. The van der Waals surface area contributed by atoms with Crippen molar-refractivity contribution in [3.63, 3.8) is 0 Å². The van der Waals surface area contributed by atoms with E-state index in [-0.39, 0.29) is 0 Å². The molecule has 2 unspecified atom stereocenters. The molecule has 70 valence electrons. The molecule has 2 aliphatic rings. The number of aliphatic hydroxyl groups excluding tert-OH is 2. The van der Waals surface area contributed by atoms with Crippen LogP contribution in [0, 0.1) is 0 Å². The normalized spacial score (nSPS) is 49.2. The summed E-state index contributed by atoms with van der Waals surface area (Å²) in [5.74, 6) is 0. The van der Waals surface area contributed by atoms with Crippen molar-refractivity contribution in [3.05, 3.63) is 0 Å². The van der Waals surface area contributed by atoms with Crippen molar-refractivity contribution < 1.29 is 10.2 Å². The molecule has 2 rings (SSSR count). The highest BCUT2D eigenvalue weighted by Gasteiger charge is 2.38. The first-order valence-electron chi connectivity index (χ1n) is 4.52. The third-order valence-corrected chi connectivity index (χ3v) is 2.95. The van der Waals surface area contributed by atoms with Gasteiger partial charge in [-0.15, -0.1) is 0 Å². The van der Waals surface area contributed by atoms with Gasteiger partial charge in [-0.3, -0.25) is 4.90 Å². The van der Waals surface area contributed by atoms with E-state index in [1.165, 1.54) is 0 Å². The highest BCUT2D eigenvalue weighted by molar-refractivity contribution is 4.95. The van der Waals surface area contributed by atoms with Gasteiger partial charge in [-0.2, -0.15) is 0 Å². The Labute approximate surface area is 72.0 Å². The summed E-state index contributed by atoms with van der Waals surface area (Å²) >= 11 is 0. The summed E-state index contributed by atoms with van der Waals surface area (Å²) in [5.41, 5.74) is 5.65. The molecule has 12 heavy (non-hydrogen) atoms. The molecule has 0 aromatic rings. The van der Waals surface area contributed by atoms with Gasteiger partial charge in [-0.25, -0.2) is 0 Å². The molecule has 0 bridgehead atoms. The molecule has 0 aromatic heterocycles. The summed E-state index contributed by atoms with van der Waals surface area (Å²) in [6.45, 7) is 1.22. The third-order valence-electron chi connectivity index (χ3n) is 2.95. The lowest BCUT2D eigenvalue weighted by molar-refractivity contribution is 0.0572. The molecule has 1 aliphatic heterocycles. The lowest BCUT2D eigenvalue weighted by Crippen LogP contribution is -2.50. The fraction of sp³-hybridized carbons (Fsp3) is 1.00. The Bertz CT molecular complexity index is 160. The maximum atomic E-state index is 9.28. The number of nitrogens with zero attached hydrogens (tertiary/aromatic N) is 1. The minimum atomic E-state index is -0.554. The van der Waals surface area contributed by atoms with Crippen LogP contribution in [0.2, 0.25) is 0 Å². The standard InChI is InChI=1S/C8H16N2O2/c9-5-1-6(2-5)10-3-7(11)8(12)4-10/h5-8,11-12H,1-4,9H2. The Hall–Kier alpha value is -0.160. The fourth-order valence-corrected chi connectivity index (χ4v) is 2.02. The van der Waals surface area contributed by atoms with Gasteiger partial charge in [0.2, 0.25) is 0 Å². The Morgan fingerprint density at radius 2 is 1.58 bits per heavy atom. The van der Waals surface area contributed by atoms with Gasteiger partial charge in [0.05, 0.1) is 12.2 Å². The first-order valence-corrected chi connectivity index (χ1v) is 4.52. The lowest BCUT2D eigenvalue weighted by Gasteiger charge is -2.39. The highest BCUT2D eigenvalue weighted by atomic mass is 16.3. The van der Waals surface area contributed by atoms with E-state index in [1.54, 1.807) is 0 Å². The molecule has 2 atom stereocenters. The second-order valence-electron chi connectivity index (χ2n) is 3.97. The maximum absolute atomic E-state index is 9.28. The summed E-state index contributed by atoms with van der Waals surface area (Å²) in [7, 11) is 0. The van der Waals surface area contributed by atoms with Gasteiger partial charge in [0.1, 0.15) is 0 Å². The summed E-state index contributed by atoms with van der Waals surface area (Å²) < 4.78 is 0. The molecule has 4 nitrogen and oxygen atoms in total. The highest BCUT2D eigenvalue weighted by Crippen LogP contribution is 2.27. The molecule has 0 spiro atoms. The molecule has 1 aliphatic carbocycles. The number of rotatable bonds is 1. The molecular formula is C8H16N2O2. The Morgan fingerprint density at radius 1 is 1.08 bits per heavy atom. The van der Waals surface area contributed by atoms with E-state index in [1.807, 2.05) is 0 Å². The second kappa shape index (κ2) is 2.96. The first kappa shape index (κ1) is 8.44. The first-order chi connectivity index (χ1) is 5.66. The quantitative estimate of drug-likeness (QED) is 0.451. The van der Waals surface area contributed by atoms with Gasteiger partial charge in [-0.05, 0) is 12.8 Å². The number of nitrogens with two attached hydrogens (primary N) is 1. The van der Waals surface area contributed by atoms with Crippen LogP contribution < -0.4 is 5.73 Å². The van der Waals surface area contributed by atoms with E-state index in [4.69, 9.17) is 5.73 Å². The van der Waals surface area contributed by atoms with Gasteiger partial charge in [-0.1, -0.05) is 0 Å². The van der Waals surface area contributed by atoms with Gasteiger partial charge in [0, 0.05) is 25.2 Å². The number of hydrogen-bond acceptors (Lipinski definition) is 4. The zero-order valence-electron chi connectivity index (χ0n) is 7.06. The maximum Gasteiger partial charge on any atom is 0.0938 e. The van der Waals surface area contributed by atoms with Crippen LogP contribution in [0.25, 0.3) is 0 Å². The number of likely N-dealkylation sites (tertiary alicyclic amines) is 1. The molecular weight excluding hydrogens is 156 g/mol. The van der Waals surface area contributed by atoms with Crippen molar-refractivity contribution in [1.82, 2.24) is 4.90 Å². The number of β-amino-alcohol motifs (C(OH)–C–C–N with tert-alkyl or cyclic N) is 2. The topological polar surface area (TPSA) is 69.7 Å². The van der Waals surface area contributed by atoms with Crippen LogP contribution in [0.1, 0.15) is 12.8 Å². The number of hydrogen-bond donors (Lipinski definition) is 3. The molecule has 0 amide bonds. The van der Waals surface area contributed by atoms with E-state index in [0.29, 0.717) is 25.2 Å². The summed E-state index contributed by atoms with van der Waals surface area (Å²) in [6.07, 6.45) is 0.919. The molecule has 0 radical (unpaired) electrons. The van der Waals surface area contributed by atoms with Crippen LogP contribution >= 0.6 is 0 Å². The molecule has 0 aromatic carbocycles. The Balaban J connectivity index is 1.84. The van der Waals surface area contributed by atoms with Gasteiger partial charge >= 0.3 is 0 Å². The zero-order valence-corrected chi connectivity index (χ0v) is 7.06. The minimum Gasteiger partial charge on any atom is -0.389 e. The van der Waals surface area contributed by atoms with E-state index in [9.17, 15) is 10.2 Å². The predicted molar refractivity (Wildman–Crippen MR) is 44.6 cm³/mol. The van der Waals surface area contributed by atoms with Crippen LogP contribution in [0.5, 0.6) is 0 Å². The molecule has 4 N–H and O–H groups in total. The Kier molecular flexibility index (Phi) is 2.08. The third kappa shape index (κ3) is 1.35. The summed E-state index contributed by atoms with van der Waals surface area (Å²) in [5, 5.41) is 18.6. The van der Waals surface area contributed by atoms with Crippen LogP contribution in [0.4, 0.5) is 0 Å². The van der Waals surface area contributed by atoms with Crippen molar-refractivity contribution in [2.24, 2.45) is 5.73 Å². The molecule has 2 fully saturated rings. The summed E-state index contributed by atoms with van der Waals surface area (Å²) in [4.78, 5) is 2.14. The van der Waals surface area contributed by atoms with E-state index >= 15 is 0 Å². The van der Waals surface area contributed by atoms with Crippen molar-refractivity contribution >= 4 is 0 Å². The van der Waals surface area contributed by atoms with E-state index < -0.39 is 12.2 Å². The summed E-state index contributed by atoms with van der Waals surface area (Å²) in [6, 6.07) is 0.844. The smallest absolute Gasteiger partial charge is 0.0938 e. The van der Waals surface area contributed by atoms with Gasteiger partial charge < -0.3 is 15.9 Å². The monoisotopic (exact) mass is 172 g/mol. The zero-order chi connectivity index (χ0) is 8.72. The van der Waals surface area contributed by atoms with Crippen LogP contribution in [0.15, 0.2) is 0 Å². The average molecular weight is 172 g/mol. The van der Waals surface area contributed by atoms with Crippen LogP contribution in [-0.4, -0.2) is 52.5 Å². The number of aliphatic hydroxyl groups is 2. The van der Waals surface area contributed by atoms with E-state index in [2.05, 4.69) is 4.90 Å². The largest absolute Gasteiger partial charge is 0.389 e. The van der Waals surface area contributed by atoms with Crippen LogP contribution in [0.3, 0.4) is 0 Å². The van der Waals surface area contributed by atoms with Crippen molar-refractivity contribution in [2.45, 2.75) is 37.1 Å². The average Bonchev–Trinajstić information content (AvgIpc) is 2.26. The Morgan fingerprint density at radius 3 is 2.00 bits per heavy atom. The molecule has 1 saturated carbocycles. The second-order valence-corrected chi connectivity index (χ2v) is 3.97. The molecule has 1 heterocycles. The van der Waals surface area contributed by atoms with Crippen molar-refractivity contribution in [3.8, 4) is 0 Å². The van der Waals surface area contributed by atoms with Gasteiger partial charge in [0.25, 0.3) is 0 Å². The van der Waals surface area contributed by atoms with Crippen molar-refractivity contribution in [1.29, 1.82) is 0 Å². The van der Waals surface area contributed by atoms with Crippen molar-refractivity contribution in [2.75, 3.05) is 13.1 Å². The van der Waals surface area contributed by atoms with Crippen LogP contribution in [-0.2, 0) is 0 Å². The predicted octanol–water partition coefficient (Wildman–Crippen LogP) is -1.49. The van der Waals surface area contributed by atoms with Gasteiger partial charge in [0.15, 0.2) is 0 Å². The lowest BCUT2D eigenvalue weighted by atomic mass is 9.86.